The van der Waals surface area contributed by atoms with Crippen molar-refractivity contribution >= 4 is 6.09 Å². The van der Waals surface area contributed by atoms with Crippen LogP contribution >= 0.6 is 0 Å². The molecule has 64 valence electrons. The van der Waals surface area contributed by atoms with Crippen molar-refractivity contribution in [3.63, 3.8) is 0 Å². The zero-order chi connectivity index (χ0) is 8.55. The largest absolute Gasteiger partial charge is 0.439 e. The van der Waals surface area contributed by atoms with Gasteiger partial charge in [-0.25, -0.2) is 4.79 Å². The monoisotopic (exact) mass is 165 g/mol. The normalized spacial score (nSPS) is 32.1. The van der Waals surface area contributed by atoms with Crippen LogP contribution in [0.15, 0.2) is 23.8 Å². The molecule has 1 aliphatic heterocycles. The average molecular weight is 165 g/mol. The number of hydrogen-bond donors (Lipinski definition) is 1. The Bertz CT molecular complexity index is 268. The molecule has 3 heteroatoms. The first-order valence-electron chi connectivity index (χ1n) is 4.15. The van der Waals surface area contributed by atoms with Crippen LogP contribution in [0, 0.1) is 0 Å². The fraction of sp³-hybridized carbons (Fsp3) is 0.444. The Morgan fingerprint density at radius 1 is 1.67 bits per heavy atom. The third-order valence-electron chi connectivity index (χ3n) is 2.19. The van der Waals surface area contributed by atoms with Crippen molar-refractivity contribution in [3.8, 4) is 0 Å². The van der Waals surface area contributed by atoms with Gasteiger partial charge in [0, 0.05) is 0 Å². The molecule has 0 aromatic heterocycles. The maximum absolute atomic E-state index is 10.8. The number of carbonyl (C=O) groups is 1. The Morgan fingerprint density at radius 3 is 3.25 bits per heavy atom. The van der Waals surface area contributed by atoms with Gasteiger partial charge in [-0.05, 0) is 18.1 Å². The van der Waals surface area contributed by atoms with Crippen LogP contribution in [0.5, 0.6) is 0 Å². The molecule has 1 heterocycles. The summed E-state index contributed by atoms with van der Waals surface area (Å²) in [7, 11) is 0. The van der Waals surface area contributed by atoms with Gasteiger partial charge in [-0.15, -0.1) is 0 Å². The predicted octanol–water partition coefficient (Wildman–Crippen LogP) is 1.37. The highest BCUT2D eigenvalue weighted by Gasteiger charge is 2.32. The summed E-state index contributed by atoms with van der Waals surface area (Å²) in [6.45, 7) is 2.08. The third kappa shape index (κ3) is 1.11. The SMILES string of the molecule is CCC1=CC2OC(=O)NC2C=C1. The van der Waals surface area contributed by atoms with E-state index in [-0.39, 0.29) is 18.2 Å². The zero-order valence-corrected chi connectivity index (χ0v) is 6.91. The molecule has 0 radical (unpaired) electrons. The highest BCUT2D eigenvalue weighted by Crippen LogP contribution is 2.20. The topological polar surface area (TPSA) is 38.3 Å². The van der Waals surface area contributed by atoms with Crippen molar-refractivity contribution in [3.05, 3.63) is 23.8 Å². The maximum Gasteiger partial charge on any atom is 0.408 e. The van der Waals surface area contributed by atoms with Gasteiger partial charge in [0.25, 0.3) is 0 Å². The van der Waals surface area contributed by atoms with Gasteiger partial charge < -0.3 is 10.1 Å². The van der Waals surface area contributed by atoms with Crippen molar-refractivity contribution in [1.29, 1.82) is 0 Å². The fourth-order valence-corrected chi connectivity index (χ4v) is 1.47. The minimum absolute atomic E-state index is 0.0489. The Morgan fingerprint density at radius 2 is 2.50 bits per heavy atom. The molecular weight excluding hydrogens is 154 g/mol. The summed E-state index contributed by atoms with van der Waals surface area (Å²) in [4.78, 5) is 10.8. The molecule has 2 atom stereocenters. The molecule has 0 aromatic rings. The Hall–Kier alpha value is -1.25. The molecule has 0 aromatic carbocycles. The van der Waals surface area contributed by atoms with E-state index in [1.807, 2.05) is 18.2 Å². The third-order valence-corrected chi connectivity index (χ3v) is 2.19. The number of rotatable bonds is 1. The van der Waals surface area contributed by atoms with Crippen molar-refractivity contribution < 1.29 is 9.53 Å². The summed E-state index contributed by atoms with van der Waals surface area (Å²) < 4.78 is 5.02. The van der Waals surface area contributed by atoms with E-state index < -0.39 is 0 Å². The molecule has 12 heavy (non-hydrogen) atoms. The van der Waals surface area contributed by atoms with Gasteiger partial charge in [-0.3, -0.25) is 0 Å². The van der Waals surface area contributed by atoms with Crippen LogP contribution in [-0.2, 0) is 4.74 Å². The van der Waals surface area contributed by atoms with Gasteiger partial charge in [0.15, 0.2) is 0 Å². The molecule has 3 nitrogen and oxygen atoms in total. The lowest BCUT2D eigenvalue weighted by Crippen LogP contribution is -2.29. The summed E-state index contributed by atoms with van der Waals surface area (Å²) in [5.41, 5.74) is 1.23. The van der Waals surface area contributed by atoms with Gasteiger partial charge in [0.05, 0.1) is 6.04 Å². The molecule has 1 fully saturated rings. The molecule has 0 saturated carbocycles. The Balaban J connectivity index is 2.18. The summed E-state index contributed by atoms with van der Waals surface area (Å²) in [5, 5.41) is 2.71. The molecule has 1 aliphatic carbocycles. The van der Waals surface area contributed by atoms with Crippen molar-refractivity contribution in [2.45, 2.75) is 25.5 Å². The summed E-state index contributed by atoms with van der Waals surface area (Å²) in [6.07, 6.45) is 6.60. The summed E-state index contributed by atoms with van der Waals surface area (Å²) in [5.74, 6) is 0. The number of fused-ring (bicyclic) bond motifs is 1. The maximum atomic E-state index is 10.8. The number of nitrogens with one attached hydrogen (secondary N) is 1. The first-order valence-corrected chi connectivity index (χ1v) is 4.15. The van der Waals surface area contributed by atoms with Gasteiger partial charge >= 0.3 is 6.09 Å². The molecular formula is C9H11NO2. The lowest BCUT2D eigenvalue weighted by atomic mass is 10.00. The van der Waals surface area contributed by atoms with Gasteiger partial charge in [-0.1, -0.05) is 19.1 Å². The minimum atomic E-state index is -0.316. The van der Waals surface area contributed by atoms with E-state index >= 15 is 0 Å². The number of alkyl carbamates (subject to hydrolysis) is 1. The second-order valence-electron chi connectivity index (χ2n) is 2.99. The number of carbonyl (C=O) groups excluding carboxylic acids is 1. The highest BCUT2D eigenvalue weighted by atomic mass is 16.6. The number of allylic oxidation sites excluding steroid dienone is 2. The van der Waals surface area contributed by atoms with Crippen LogP contribution in [0.25, 0.3) is 0 Å². The van der Waals surface area contributed by atoms with E-state index in [1.54, 1.807) is 0 Å². The average Bonchev–Trinajstić information content (AvgIpc) is 2.43. The standard InChI is InChI=1S/C9H11NO2/c1-2-6-3-4-7-8(5-6)12-9(11)10-7/h3-5,7-8H,2H2,1H3,(H,10,11). The Labute approximate surface area is 71.1 Å². The lowest BCUT2D eigenvalue weighted by molar-refractivity contribution is 0.155. The fourth-order valence-electron chi connectivity index (χ4n) is 1.47. The van der Waals surface area contributed by atoms with E-state index in [9.17, 15) is 4.79 Å². The highest BCUT2D eigenvalue weighted by molar-refractivity contribution is 5.71. The van der Waals surface area contributed by atoms with Gasteiger partial charge in [-0.2, -0.15) is 0 Å². The smallest absolute Gasteiger partial charge is 0.408 e. The van der Waals surface area contributed by atoms with E-state index in [0.29, 0.717) is 0 Å². The van der Waals surface area contributed by atoms with E-state index in [2.05, 4.69) is 12.2 Å². The van der Waals surface area contributed by atoms with Gasteiger partial charge in [0.2, 0.25) is 0 Å². The van der Waals surface area contributed by atoms with Crippen LogP contribution in [-0.4, -0.2) is 18.2 Å². The Kier molecular flexibility index (Phi) is 1.64. The second kappa shape index (κ2) is 2.66. The van der Waals surface area contributed by atoms with Crippen LogP contribution in [0.4, 0.5) is 4.79 Å². The van der Waals surface area contributed by atoms with Crippen LogP contribution in [0.3, 0.4) is 0 Å². The lowest BCUT2D eigenvalue weighted by Gasteiger charge is -2.14. The molecule has 2 aliphatic rings. The molecule has 1 amide bonds. The second-order valence-corrected chi connectivity index (χ2v) is 2.99. The molecule has 0 bridgehead atoms. The van der Waals surface area contributed by atoms with Crippen molar-refractivity contribution in [1.82, 2.24) is 5.32 Å². The van der Waals surface area contributed by atoms with Crippen LogP contribution < -0.4 is 5.32 Å². The molecule has 0 spiro atoms. The zero-order valence-electron chi connectivity index (χ0n) is 6.91. The van der Waals surface area contributed by atoms with E-state index in [0.717, 1.165) is 6.42 Å². The summed E-state index contributed by atoms with van der Waals surface area (Å²) >= 11 is 0. The molecule has 2 unspecified atom stereocenters. The van der Waals surface area contributed by atoms with E-state index in [1.165, 1.54) is 5.57 Å². The van der Waals surface area contributed by atoms with Crippen LogP contribution in [0.2, 0.25) is 0 Å². The number of ether oxygens (including phenoxy) is 1. The number of amides is 1. The first kappa shape index (κ1) is 7.40. The van der Waals surface area contributed by atoms with Crippen LogP contribution in [0.1, 0.15) is 13.3 Å². The molecule has 2 rings (SSSR count). The predicted molar refractivity (Wildman–Crippen MR) is 44.7 cm³/mol. The molecule has 1 N–H and O–H groups in total. The van der Waals surface area contributed by atoms with Crippen molar-refractivity contribution in [2.24, 2.45) is 0 Å². The first-order chi connectivity index (χ1) is 5.79. The number of hydrogen-bond acceptors (Lipinski definition) is 2. The summed E-state index contributed by atoms with van der Waals surface area (Å²) in [6, 6.07) is 0.0489. The molecule has 1 saturated heterocycles. The minimum Gasteiger partial charge on any atom is -0.439 e. The van der Waals surface area contributed by atoms with E-state index in [4.69, 9.17) is 4.74 Å². The quantitative estimate of drug-likeness (QED) is 0.637. The van der Waals surface area contributed by atoms with Gasteiger partial charge in [0.1, 0.15) is 6.10 Å². The van der Waals surface area contributed by atoms with Crippen molar-refractivity contribution in [2.75, 3.05) is 0 Å².